The van der Waals surface area contributed by atoms with Crippen LogP contribution in [-0.4, -0.2) is 10.1 Å². The van der Waals surface area contributed by atoms with Crippen LogP contribution in [0.1, 0.15) is 25.6 Å². The molecule has 0 saturated heterocycles. The van der Waals surface area contributed by atoms with Crippen molar-refractivity contribution in [1.82, 2.24) is 10.1 Å². The summed E-state index contributed by atoms with van der Waals surface area (Å²) in [5.41, 5.74) is 0. The molecular formula is C13H14Cl2N2O2. The molecule has 0 aliphatic heterocycles. The lowest BCUT2D eigenvalue weighted by atomic mass is 10.1. The molecule has 0 atom stereocenters. The molecule has 2 aromatic rings. The molecule has 0 fully saturated rings. The summed E-state index contributed by atoms with van der Waals surface area (Å²) < 4.78 is 10.6. The van der Waals surface area contributed by atoms with Crippen LogP contribution in [0, 0.1) is 5.92 Å². The molecular weight excluding hydrogens is 287 g/mol. The van der Waals surface area contributed by atoms with Gasteiger partial charge < -0.3 is 9.26 Å². The molecule has 0 unspecified atom stereocenters. The Morgan fingerprint density at radius 3 is 2.53 bits per heavy atom. The van der Waals surface area contributed by atoms with Crippen LogP contribution in [0.15, 0.2) is 22.7 Å². The van der Waals surface area contributed by atoms with E-state index in [0.717, 1.165) is 6.42 Å². The molecule has 0 N–H and O–H groups in total. The van der Waals surface area contributed by atoms with Crippen molar-refractivity contribution in [3.63, 3.8) is 0 Å². The maximum absolute atomic E-state index is 5.88. The van der Waals surface area contributed by atoms with E-state index < -0.39 is 0 Å². The highest BCUT2D eigenvalue weighted by atomic mass is 35.5. The van der Waals surface area contributed by atoms with Gasteiger partial charge in [-0.15, -0.1) is 0 Å². The SMILES string of the molecule is CC(C)Cc1noc(COc2cc(Cl)cc(Cl)c2)n1. The van der Waals surface area contributed by atoms with Crippen molar-refractivity contribution in [2.45, 2.75) is 26.9 Å². The lowest BCUT2D eigenvalue weighted by molar-refractivity contribution is 0.242. The average Bonchev–Trinajstić information content (AvgIpc) is 2.72. The zero-order valence-corrected chi connectivity index (χ0v) is 12.2. The first kappa shape index (κ1) is 14.2. The van der Waals surface area contributed by atoms with E-state index in [2.05, 4.69) is 24.0 Å². The van der Waals surface area contributed by atoms with Crippen molar-refractivity contribution < 1.29 is 9.26 Å². The molecule has 0 radical (unpaired) electrons. The molecule has 0 spiro atoms. The number of hydrogen-bond donors (Lipinski definition) is 0. The zero-order valence-electron chi connectivity index (χ0n) is 10.7. The fourth-order valence-corrected chi connectivity index (χ4v) is 2.06. The first-order valence-electron chi connectivity index (χ1n) is 5.93. The minimum Gasteiger partial charge on any atom is -0.484 e. The summed E-state index contributed by atoms with van der Waals surface area (Å²) in [5.74, 6) is 2.18. The highest BCUT2D eigenvalue weighted by Crippen LogP contribution is 2.24. The Kier molecular flexibility index (Phi) is 4.66. The summed E-state index contributed by atoms with van der Waals surface area (Å²) in [4.78, 5) is 4.24. The van der Waals surface area contributed by atoms with Crippen LogP contribution < -0.4 is 4.74 Å². The standard InChI is InChI=1S/C13H14Cl2N2O2/c1-8(2)3-12-16-13(19-17-12)7-18-11-5-9(14)4-10(15)6-11/h4-6,8H,3,7H2,1-2H3. The van der Waals surface area contributed by atoms with Gasteiger partial charge in [0.25, 0.3) is 5.89 Å². The molecule has 0 saturated carbocycles. The largest absolute Gasteiger partial charge is 0.484 e. The third-order valence-electron chi connectivity index (χ3n) is 2.30. The fraction of sp³-hybridized carbons (Fsp3) is 0.385. The van der Waals surface area contributed by atoms with Crippen molar-refractivity contribution in [3.8, 4) is 5.75 Å². The average molecular weight is 301 g/mol. The van der Waals surface area contributed by atoms with Crippen molar-refractivity contribution in [2.75, 3.05) is 0 Å². The second-order valence-electron chi connectivity index (χ2n) is 4.60. The predicted molar refractivity (Wildman–Crippen MR) is 73.6 cm³/mol. The number of rotatable bonds is 5. The van der Waals surface area contributed by atoms with Gasteiger partial charge in [-0.2, -0.15) is 4.98 Å². The van der Waals surface area contributed by atoms with E-state index in [1.165, 1.54) is 0 Å². The molecule has 1 aromatic carbocycles. The molecule has 1 heterocycles. The Bertz CT molecular complexity index is 535. The van der Waals surface area contributed by atoms with Gasteiger partial charge in [0.15, 0.2) is 12.4 Å². The van der Waals surface area contributed by atoms with E-state index in [9.17, 15) is 0 Å². The van der Waals surface area contributed by atoms with Crippen molar-refractivity contribution in [2.24, 2.45) is 5.92 Å². The second kappa shape index (κ2) is 6.26. The van der Waals surface area contributed by atoms with E-state index in [1.54, 1.807) is 18.2 Å². The normalized spacial score (nSPS) is 11.0. The smallest absolute Gasteiger partial charge is 0.264 e. The molecule has 4 nitrogen and oxygen atoms in total. The second-order valence-corrected chi connectivity index (χ2v) is 5.47. The Labute approximate surface area is 121 Å². The van der Waals surface area contributed by atoms with Crippen LogP contribution in [0.25, 0.3) is 0 Å². The van der Waals surface area contributed by atoms with E-state index in [0.29, 0.717) is 33.4 Å². The lowest BCUT2D eigenvalue weighted by Gasteiger charge is -2.04. The third-order valence-corrected chi connectivity index (χ3v) is 2.74. The number of halogens is 2. The van der Waals surface area contributed by atoms with Gasteiger partial charge >= 0.3 is 0 Å². The van der Waals surface area contributed by atoms with Gasteiger partial charge in [-0.25, -0.2) is 0 Å². The topological polar surface area (TPSA) is 48.2 Å². The quantitative estimate of drug-likeness (QED) is 0.832. The van der Waals surface area contributed by atoms with Crippen LogP contribution in [-0.2, 0) is 13.0 Å². The van der Waals surface area contributed by atoms with Crippen LogP contribution in [0.3, 0.4) is 0 Å². The van der Waals surface area contributed by atoms with Gasteiger partial charge in [0.2, 0.25) is 0 Å². The fourth-order valence-electron chi connectivity index (χ4n) is 1.55. The van der Waals surface area contributed by atoms with Gasteiger partial charge in [-0.1, -0.05) is 42.2 Å². The molecule has 0 aliphatic rings. The van der Waals surface area contributed by atoms with Gasteiger partial charge in [-0.3, -0.25) is 0 Å². The van der Waals surface area contributed by atoms with E-state index in [4.69, 9.17) is 32.5 Å². The molecule has 102 valence electrons. The van der Waals surface area contributed by atoms with Crippen LogP contribution in [0.5, 0.6) is 5.75 Å². The van der Waals surface area contributed by atoms with E-state index >= 15 is 0 Å². The number of ether oxygens (including phenoxy) is 1. The van der Waals surface area contributed by atoms with Crippen LogP contribution >= 0.6 is 23.2 Å². The molecule has 6 heteroatoms. The van der Waals surface area contributed by atoms with Crippen molar-refractivity contribution in [3.05, 3.63) is 40.0 Å². The summed E-state index contributed by atoms with van der Waals surface area (Å²) >= 11 is 11.8. The number of benzene rings is 1. The molecule has 0 amide bonds. The Morgan fingerprint density at radius 1 is 1.21 bits per heavy atom. The van der Waals surface area contributed by atoms with Gasteiger partial charge in [0.1, 0.15) is 5.75 Å². The van der Waals surface area contributed by atoms with Crippen molar-refractivity contribution >= 4 is 23.2 Å². The van der Waals surface area contributed by atoms with Crippen LogP contribution in [0.2, 0.25) is 10.0 Å². The number of aromatic nitrogens is 2. The summed E-state index contributed by atoms with van der Waals surface area (Å²) in [6.07, 6.45) is 0.784. The minimum absolute atomic E-state index is 0.196. The Balaban J connectivity index is 1.96. The molecule has 2 rings (SSSR count). The number of hydrogen-bond acceptors (Lipinski definition) is 4. The van der Waals surface area contributed by atoms with Gasteiger partial charge in [0, 0.05) is 16.5 Å². The highest BCUT2D eigenvalue weighted by Gasteiger charge is 2.09. The van der Waals surface area contributed by atoms with Gasteiger partial charge in [0.05, 0.1) is 0 Å². The highest BCUT2D eigenvalue weighted by molar-refractivity contribution is 6.34. The predicted octanol–water partition coefficient (Wildman–Crippen LogP) is 4.15. The third kappa shape index (κ3) is 4.40. The lowest BCUT2D eigenvalue weighted by Crippen LogP contribution is -1.98. The number of nitrogens with zero attached hydrogens (tertiary/aromatic N) is 2. The van der Waals surface area contributed by atoms with Crippen molar-refractivity contribution in [1.29, 1.82) is 0 Å². The molecule has 0 aliphatic carbocycles. The molecule has 1 aromatic heterocycles. The first-order chi connectivity index (χ1) is 9.02. The zero-order chi connectivity index (χ0) is 13.8. The molecule has 0 bridgehead atoms. The Morgan fingerprint density at radius 2 is 1.89 bits per heavy atom. The minimum atomic E-state index is 0.196. The molecule has 19 heavy (non-hydrogen) atoms. The summed E-state index contributed by atoms with van der Waals surface area (Å²) in [6, 6.07) is 5.00. The van der Waals surface area contributed by atoms with E-state index in [-0.39, 0.29) is 6.61 Å². The maximum atomic E-state index is 5.88. The van der Waals surface area contributed by atoms with E-state index in [1.807, 2.05) is 0 Å². The van der Waals surface area contributed by atoms with Crippen LogP contribution in [0.4, 0.5) is 0 Å². The summed E-state index contributed by atoms with van der Waals surface area (Å²) in [7, 11) is 0. The first-order valence-corrected chi connectivity index (χ1v) is 6.69. The van der Waals surface area contributed by atoms with Gasteiger partial charge in [-0.05, 0) is 24.1 Å². The summed E-state index contributed by atoms with van der Waals surface area (Å²) in [6.45, 7) is 4.39. The monoisotopic (exact) mass is 300 g/mol. The Hall–Kier alpha value is -1.26. The summed E-state index contributed by atoms with van der Waals surface area (Å²) in [5, 5.41) is 4.93. The maximum Gasteiger partial charge on any atom is 0.264 e.